The molecule has 0 aliphatic carbocycles. The third kappa shape index (κ3) is 5.69. The Kier molecular flexibility index (Phi) is 7.09. The van der Waals surface area contributed by atoms with Gasteiger partial charge in [0.2, 0.25) is 0 Å². The van der Waals surface area contributed by atoms with Gasteiger partial charge in [-0.1, -0.05) is 80.6 Å². The van der Waals surface area contributed by atoms with Crippen molar-refractivity contribution in [2.45, 2.75) is 32.8 Å². The van der Waals surface area contributed by atoms with E-state index in [1.54, 1.807) is 0 Å². The Labute approximate surface area is 141 Å². The second kappa shape index (κ2) is 9.32. The molecular formula is C22H28O. The molecule has 0 bridgehead atoms. The molecule has 0 N–H and O–H groups in total. The van der Waals surface area contributed by atoms with Crippen LogP contribution < -0.4 is 0 Å². The molecule has 122 valence electrons. The van der Waals surface area contributed by atoms with E-state index in [1.807, 2.05) is 6.08 Å². The molecule has 2 rings (SSSR count). The smallest absolute Gasteiger partial charge is 0.0653 e. The fourth-order valence-corrected chi connectivity index (χ4v) is 3.05. The molecule has 0 spiro atoms. The highest BCUT2D eigenvalue weighted by molar-refractivity contribution is 5.18. The Balaban J connectivity index is 2.16. The van der Waals surface area contributed by atoms with Crippen LogP contribution in [-0.4, -0.2) is 12.7 Å². The third-order valence-electron chi connectivity index (χ3n) is 4.36. The summed E-state index contributed by atoms with van der Waals surface area (Å²) >= 11 is 0. The van der Waals surface area contributed by atoms with Crippen molar-refractivity contribution in [1.29, 1.82) is 0 Å². The summed E-state index contributed by atoms with van der Waals surface area (Å²) in [5, 5.41) is 0. The van der Waals surface area contributed by atoms with Crippen LogP contribution in [0.5, 0.6) is 0 Å². The molecule has 23 heavy (non-hydrogen) atoms. The SMILES string of the molecule is C=CCO[C@H](Cc1ccccc1)[C@@H](Cc1ccccc1)C(C)C. The first-order valence-electron chi connectivity index (χ1n) is 8.51. The standard InChI is InChI=1S/C22H28O/c1-4-15-23-22(17-20-13-9-6-10-14-20)21(18(2)3)16-19-11-7-5-8-12-19/h4-14,18,21-22H,1,15-17H2,2-3H3/t21-,22+/m0/s1. The molecule has 0 heterocycles. The molecule has 2 aromatic rings. The number of ether oxygens (including phenoxy) is 1. The van der Waals surface area contributed by atoms with Crippen LogP contribution in [0.25, 0.3) is 0 Å². The van der Waals surface area contributed by atoms with Crippen molar-refractivity contribution in [1.82, 2.24) is 0 Å². The van der Waals surface area contributed by atoms with E-state index < -0.39 is 0 Å². The van der Waals surface area contributed by atoms with Crippen LogP contribution in [0.1, 0.15) is 25.0 Å². The highest BCUT2D eigenvalue weighted by Gasteiger charge is 2.25. The van der Waals surface area contributed by atoms with Crippen LogP contribution in [0.2, 0.25) is 0 Å². The molecule has 1 nitrogen and oxygen atoms in total. The van der Waals surface area contributed by atoms with Gasteiger partial charge >= 0.3 is 0 Å². The van der Waals surface area contributed by atoms with E-state index in [4.69, 9.17) is 4.74 Å². The first-order valence-corrected chi connectivity index (χ1v) is 8.51. The van der Waals surface area contributed by atoms with E-state index in [0.717, 1.165) is 12.8 Å². The third-order valence-corrected chi connectivity index (χ3v) is 4.36. The summed E-state index contributed by atoms with van der Waals surface area (Å²) in [4.78, 5) is 0. The lowest BCUT2D eigenvalue weighted by molar-refractivity contribution is 0.0130. The molecule has 0 aliphatic rings. The van der Waals surface area contributed by atoms with Crippen LogP contribution in [0.3, 0.4) is 0 Å². The van der Waals surface area contributed by atoms with Gasteiger partial charge in [-0.3, -0.25) is 0 Å². The monoisotopic (exact) mass is 308 g/mol. The predicted octanol–water partition coefficient (Wildman–Crippen LogP) is 5.32. The largest absolute Gasteiger partial charge is 0.374 e. The van der Waals surface area contributed by atoms with Gasteiger partial charge in [0.25, 0.3) is 0 Å². The fourth-order valence-electron chi connectivity index (χ4n) is 3.05. The summed E-state index contributed by atoms with van der Waals surface area (Å²) in [5.74, 6) is 1.05. The lowest BCUT2D eigenvalue weighted by atomic mass is 9.82. The van der Waals surface area contributed by atoms with Gasteiger partial charge in [0.15, 0.2) is 0 Å². The number of benzene rings is 2. The average Bonchev–Trinajstić information content (AvgIpc) is 2.58. The van der Waals surface area contributed by atoms with Gasteiger partial charge in [-0.15, -0.1) is 6.58 Å². The van der Waals surface area contributed by atoms with Crippen LogP contribution in [0, 0.1) is 11.8 Å². The van der Waals surface area contributed by atoms with Crippen molar-refractivity contribution in [3.63, 3.8) is 0 Å². The summed E-state index contributed by atoms with van der Waals surface area (Å²) in [6.07, 6.45) is 4.05. The Morgan fingerprint density at radius 2 is 1.39 bits per heavy atom. The molecule has 0 aliphatic heterocycles. The topological polar surface area (TPSA) is 9.23 Å². The molecule has 0 amide bonds. The maximum Gasteiger partial charge on any atom is 0.0653 e. The fraction of sp³-hybridized carbons (Fsp3) is 0.364. The van der Waals surface area contributed by atoms with E-state index in [-0.39, 0.29) is 6.10 Å². The number of hydrogen-bond donors (Lipinski definition) is 0. The normalized spacial score (nSPS) is 13.7. The highest BCUT2D eigenvalue weighted by Crippen LogP contribution is 2.26. The molecule has 0 saturated heterocycles. The van der Waals surface area contributed by atoms with Crippen LogP contribution >= 0.6 is 0 Å². The zero-order valence-corrected chi connectivity index (χ0v) is 14.3. The molecule has 0 radical (unpaired) electrons. The van der Waals surface area contributed by atoms with Gasteiger partial charge in [-0.25, -0.2) is 0 Å². The number of rotatable bonds is 9. The van der Waals surface area contributed by atoms with Gasteiger partial charge < -0.3 is 4.74 Å². The molecule has 2 atom stereocenters. The Bertz CT molecular complexity index is 559. The molecule has 1 heteroatoms. The first-order chi connectivity index (χ1) is 11.2. The van der Waals surface area contributed by atoms with Crippen molar-refractivity contribution < 1.29 is 4.74 Å². The molecule has 0 fully saturated rings. The molecule has 0 aromatic heterocycles. The van der Waals surface area contributed by atoms with Gasteiger partial charge in [0, 0.05) is 0 Å². The van der Waals surface area contributed by atoms with Crippen LogP contribution in [0.15, 0.2) is 73.3 Å². The van der Waals surface area contributed by atoms with Crippen LogP contribution in [-0.2, 0) is 17.6 Å². The van der Waals surface area contributed by atoms with E-state index in [9.17, 15) is 0 Å². The van der Waals surface area contributed by atoms with Crippen molar-refractivity contribution in [3.05, 3.63) is 84.4 Å². The van der Waals surface area contributed by atoms with E-state index in [2.05, 4.69) is 81.1 Å². The minimum atomic E-state index is 0.204. The van der Waals surface area contributed by atoms with Crippen molar-refractivity contribution >= 4 is 0 Å². The minimum absolute atomic E-state index is 0.204. The van der Waals surface area contributed by atoms with Crippen molar-refractivity contribution in [2.24, 2.45) is 11.8 Å². The predicted molar refractivity (Wildman–Crippen MR) is 98.6 cm³/mol. The van der Waals surface area contributed by atoms with Gasteiger partial charge in [0.05, 0.1) is 12.7 Å². The maximum atomic E-state index is 6.17. The Morgan fingerprint density at radius 3 is 1.87 bits per heavy atom. The molecule has 0 unspecified atom stereocenters. The van der Waals surface area contributed by atoms with E-state index >= 15 is 0 Å². The quantitative estimate of drug-likeness (QED) is 0.570. The van der Waals surface area contributed by atoms with Crippen LogP contribution in [0.4, 0.5) is 0 Å². The molecular weight excluding hydrogens is 280 g/mol. The van der Waals surface area contributed by atoms with Gasteiger partial charge in [0.1, 0.15) is 0 Å². The minimum Gasteiger partial charge on any atom is -0.374 e. The summed E-state index contributed by atoms with van der Waals surface area (Å²) in [6.45, 7) is 9.00. The lowest BCUT2D eigenvalue weighted by Gasteiger charge is -2.30. The molecule has 2 aromatic carbocycles. The maximum absolute atomic E-state index is 6.17. The average molecular weight is 308 g/mol. The number of hydrogen-bond acceptors (Lipinski definition) is 1. The van der Waals surface area contributed by atoms with Gasteiger partial charge in [-0.05, 0) is 35.8 Å². The second-order valence-corrected chi connectivity index (χ2v) is 6.45. The first kappa shape index (κ1) is 17.5. The van der Waals surface area contributed by atoms with Crippen molar-refractivity contribution in [3.8, 4) is 0 Å². The second-order valence-electron chi connectivity index (χ2n) is 6.45. The van der Waals surface area contributed by atoms with E-state index in [1.165, 1.54) is 11.1 Å². The zero-order chi connectivity index (χ0) is 16.5. The summed E-state index contributed by atoms with van der Waals surface area (Å²) in [5.41, 5.74) is 2.71. The van der Waals surface area contributed by atoms with E-state index in [0.29, 0.717) is 18.4 Å². The zero-order valence-electron chi connectivity index (χ0n) is 14.3. The summed E-state index contributed by atoms with van der Waals surface area (Å²) in [7, 11) is 0. The van der Waals surface area contributed by atoms with Crippen molar-refractivity contribution in [2.75, 3.05) is 6.61 Å². The Hall–Kier alpha value is -1.86. The summed E-state index contributed by atoms with van der Waals surface area (Å²) < 4.78 is 6.17. The summed E-state index contributed by atoms with van der Waals surface area (Å²) in [6, 6.07) is 21.4. The van der Waals surface area contributed by atoms with Gasteiger partial charge in [-0.2, -0.15) is 0 Å². The lowest BCUT2D eigenvalue weighted by Crippen LogP contribution is -2.32. The highest BCUT2D eigenvalue weighted by atomic mass is 16.5. The Morgan fingerprint density at radius 1 is 0.870 bits per heavy atom. The molecule has 0 saturated carbocycles.